The molecule has 4 rings (SSSR count). The van der Waals surface area contributed by atoms with Crippen LogP contribution in [0.15, 0.2) is 18.2 Å². The number of anilines is 3. The first-order valence-corrected chi connectivity index (χ1v) is 12.7. The Hall–Kier alpha value is -2.81. The lowest BCUT2D eigenvalue weighted by Crippen LogP contribution is -2.33. The van der Waals surface area contributed by atoms with Gasteiger partial charge in [0, 0.05) is 31.0 Å². The number of hydrogen-bond donors (Lipinski definition) is 2. The highest BCUT2D eigenvalue weighted by molar-refractivity contribution is 6.32. The van der Waals surface area contributed by atoms with Gasteiger partial charge < -0.3 is 20.3 Å². The Balaban J connectivity index is 1.50. The summed E-state index contributed by atoms with van der Waals surface area (Å²) in [5.74, 6) is 1.67. The number of carbonyl (C=O) groups excluding carboxylic acids is 2. The van der Waals surface area contributed by atoms with Gasteiger partial charge in [0.1, 0.15) is 17.7 Å². The van der Waals surface area contributed by atoms with E-state index in [-0.39, 0.29) is 35.6 Å². The number of amides is 2. The maximum atomic E-state index is 12.1. The molecule has 1 aliphatic heterocycles. The van der Waals surface area contributed by atoms with Gasteiger partial charge in [0.15, 0.2) is 5.15 Å². The van der Waals surface area contributed by atoms with Crippen LogP contribution in [0.5, 0.6) is 0 Å². The number of rotatable bonds is 6. The van der Waals surface area contributed by atoms with Crippen LogP contribution < -0.4 is 15.5 Å². The molecule has 0 bridgehead atoms. The van der Waals surface area contributed by atoms with Crippen molar-refractivity contribution in [2.45, 2.75) is 90.3 Å². The van der Waals surface area contributed by atoms with Gasteiger partial charge in [-0.1, -0.05) is 11.6 Å². The summed E-state index contributed by atoms with van der Waals surface area (Å²) in [4.78, 5) is 30.3. The van der Waals surface area contributed by atoms with Crippen LogP contribution in [0.2, 0.25) is 5.15 Å². The van der Waals surface area contributed by atoms with Crippen LogP contribution >= 0.6 is 11.6 Å². The van der Waals surface area contributed by atoms with E-state index >= 15 is 0 Å². The second kappa shape index (κ2) is 10.0. The summed E-state index contributed by atoms with van der Waals surface area (Å²) in [6.45, 7) is 10.8. The van der Waals surface area contributed by atoms with Crippen LogP contribution in [0.1, 0.15) is 78.3 Å². The van der Waals surface area contributed by atoms with Gasteiger partial charge in [0.25, 0.3) is 0 Å². The lowest BCUT2D eigenvalue weighted by molar-refractivity contribution is -0.117. The van der Waals surface area contributed by atoms with Gasteiger partial charge in [0.05, 0.1) is 16.9 Å². The number of pyridine rings is 1. The lowest BCUT2D eigenvalue weighted by atomic mass is 10.0. The number of aromatic nitrogens is 3. The molecule has 0 aromatic carbocycles. The standard InChI is InChI=1S/C25H35ClN6O3/c1-15(2)27-24(34)35-17-9-8-16(13-17)18-14-21(32(30-18)25(3,4)5)28-20-11-10-19(23(26)29-20)31-12-6-7-22(31)33/h10-11,14-17H,6-9,12-13H2,1-5H3,(H,27,34)(H,28,29)/t16-,17+/m0/s1. The van der Waals surface area contributed by atoms with Crippen LogP contribution in [0.4, 0.5) is 22.1 Å². The van der Waals surface area contributed by atoms with Gasteiger partial charge in [-0.25, -0.2) is 14.5 Å². The molecule has 0 spiro atoms. The fourth-order valence-electron chi connectivity index (χ4n) is 4.67. The summed E-state index contributed by atoms with van der Waals surface area (Å²) in [6, 6.07) is 5.75. The maximum Gasteiger partial charge on any atom is 0.407 e. The van der Waals surface area contributed by atoms with Crippen molar-refractivity contribution >= 4 is 40.9 Å². The van der Waals surface area contributed by atoms with Crippen molar-refractivity contribution in [2.24, 2.45) is 0 Å². The number of hydrogen-bond acceptors (Lipinski definition) is 6. The summed E-state index contributed by atoms with van der Waals surface area (Å²) in [5.41, 5.74) is 1.34. The molecule has 0 radical (unpaired) electrons. The minimum Gasteiger partial charge on any atom is -0.446 e. The van der Waals surface area contributed by atoms with Crippen LogP contribution in [0, 0.1) is 0 Å². The number of halogens is 1. The average molecular weight is 503 g/mol. The Kier molecular flexibility index (Phi) is 7.26. The van der Waals surface area contributed by atoms with Gasteiger partial charge in [-0.2, -0.15) is 5.10 Å². The molecule has 2 aliphatic rings. The molecule has 9 nitrogen and oxygen atoms in total. The Morgan fingerprint density at radius 3 is 2.66 bits per heavy atom. The Morgan fingerprint density at radius 2 is 2.03 bits per heavy atom. The number of nitrogens with zero attached hydrogens (tertiary/aromatic N) is 4. The predicted molar refractivity (Wildman–Crippen MR) is 136 cm³/mol. The summed E-state index contributed by atoms with van der Waals surface area (Å²) < 4.78 is 7.55. The number of ether oxygens (including phenoxy) is 1. The SMILES string of the molecule is CC(C)NC(=O)O[C@@H]1CC[C@H](c2cc(Nc3ccc(N4CCCC4=O)c(Cl)n3)n(C(C)(C)C)n2)C1. The van der Waals surface area contributed by atoms with Crippen LogP contribution in [0.25, 0.3) is 0 Å². The zero-order valence-corrected chi connectivity index (χ0v) is 21.9. The second-order valence-electron chi connectivity index (χ2n) is 10.7. The molecule has 35 heavy (non-hydrogen) atoms. The summed E-state index contributed by atoms with van der Waals surface area (Å²) in [7, 11) is 0. The summed E-state index contributed by atoms with van der Waals surface area (Å²) in [6.07, 6.45) is 3.36. The highest BCUT2D eigenvalue weighted by Gasteiger charge is 2.32. The van der Waals surface area contributed by atoms with Crippen molar-refractivity contribution < 1.29 is 14.3 Å². The predicted octanol–water partition coefficient (Wildman–Crippen LogP) is 5.33. The third-order valence-corrected chi connectivity index (χ3v) is 6.57. The third kappa shape index (κ3) is 5.89. The molecule has 2 fully saturated rings. The second-order valence-corrected chi connectivity index (χ2v) is 11.0. The molecule has 2 aromatic rings. The number of alkyl carbamates (subject to hydrolysis) is 1. The average Bonchev–Trinajstić information content (AvgIpc) is 3.47. The zero-order valence-electron chi connectivity index (χ0n) is 21.1. The van der Waals surface area contributed by atoms with E-state index in [4.69, 9.17) is 21.4 Å². The Bertz CT molecular complexity index is 1090. The fraction of sp³-hybridized carbons (Fsp3) is 0.600. The minimum atomic E-state index is -0.366. The molecule has 0 unspecified atom stereocenters. The van der Waals surface area contributed by atoms with Gasteiger partial charge in [-0.05, 0) is 72.4 Å². The topological polar surface area (TPSA) is 101 Å². The smallest absolute Gasteiger partial charge is 0.407 e. The van der Waals surface area contributed by atoms with Crippen LogP contribution in [-0.2, 0) is 15.1 Å². The van der Waals surface area contributed by atoms with E-state index in [0.29, 0.717) is 29.6 Å². The fourth-order valence-corrected chi connectivity index (χ4v) is 4.92. The molecule has 10 heteroatoms. The molecule has 2 aromatic heterocycles. The van der Waals surface area contributed by atoms with Crippen molar-refractivity contribution in [3.63, 3.8) is 0 Å². The van der Waals surface area contributed by atoms with Gasteiger partial charge in [-0.15, -0.1) is 0 Å². The van der Waals surface area contributed by atoms with E-state index in [1.807, 2.05) is 36.7 Å². The molecule has 190 valence electrons. The van der Waals surface area contributed by atoms with Crippen molar-refractivity contribution in [2.75, 3.05) is 16.8 Å². The zero-order chi connectivity index (χ0) is 25.3. The van der Waals surface area contributed by atoms with Crippen molar-refractivity contribution in [1.82, 2.24) is 20.1 Å². The first-order chi connectivity index (χ1) is 16.5. The number of carbonyl (C=O) groups is 2. The molecule has 2 N–H and O–H groups in total. The normalized spacial score (nSPS) is 20.5. The number of nitrogens with one attached hydrogen (secondary N) is 2. The first-order valence-electron chi connectivity index (χ1n) is 12.3. The molecule has 1 aliphatic carbocycles. The van der Waals surface area contributed by atoms with E-state index in [1.165, 1.54) is 0 Å². The molecular formula is C25H35ClN6O3. The maximum absolute atomic E-state index is 12.1. The van der Waals surface area contributed by atoms with E-state index in [1.54, 1.807) is 4.90 Å². The molecule has 1 saturated carbocycles. The Morgan fingerprint density at radius 1 is 1.26 bits per heavy atom. The van der Waals surface area contributed by atoms with Crippen LogP contribution in [-0.4, -0.2) is 45.5 Å². The quantitative estimate of drug-likeness (QED) is 0.518. The van der Waals surface area contributed by atoms with Crippen molar-refractivity contribution in [1.29, 1.82) is 0 Å². The van der Waals surface area contributed by atoms with E-state index in [2.05, 4.69) is 36.4 Å². The molecule has 2 amide bonds. The molecule has 2 atom stereocenters. The van der Waals surface area contributed by atoms with Crippen LogP contribution in [0.3, 0.4) is 0 Å². The van der Waals surface area contributed by atoms with E-state index in [9.17, 15) is 9.59 Å². The van der Waals surface area contributed by atoms with Crippen molar-refractivity contribution in [3.8, 4) is 0 Å². The Labute approximate surface area is 211 Å². The molecular weight excluding hydrogens is 468 g/mol. The molecule has 3 heterocycles. The minimum absolute atomic E-state index is 0.0443. The highest BCUT2D eigenvalue weighted by Crippen LogP contribution is 2.38. The van der Waals surface area contributed by atoms with Gasteiger partial charge in [0.2, 0.25) is 5.91 Å². The first kappa shape index (κ1) is 25.3. The van der Waals surface area contributed by atoms with Crippen molar-refractivity contribution in [3.05, 3.63) is 29.0 Å². The van der Waals surface area contributed by atoms with Gasteiger partial charge in [-0.3, -0.25) is 4.79 Å². The summed E-state index contributed by atoms with van der Waals surface area (Å²) in [5, 5.41) is 11.4. The molecule has 1 saturated heterocycles. The van der Waals surface area contributed by atoms with Gasteiger partial charge >= 0.3 is 6.09 Å². The summed E-state index contributed by atoms with van der Waals surface area (Å²) >= 11 is 6.45. The van der Waals surface area contributed by atoms with E-state index < -0.39 is 0 Å². The lowest BCUT2D eigenvalue weighted by Gasteiger charge is -2.23. The van der Waals surface area contributed by atoms with E-state index in [0.717, 1.165) is 37.2 Å². The highest BCUT2D eigenvalue weighted by atomic mass is 35.5. The third-order valence-electron chi connectivity index (χ3n) is 6.30. The largest absolute Gasteiger partial charge is 0.446 e. The monoisotopic (exact) mass is 502 g/mol.